The van der Waals surface area contributed by atoms with Crippen LogP contribution in [0.15, 0.2) is 18.2 Å². The fourth-order valence-corrected chi connectivity index (χ4v) is 2.58. The summed E-state index contributed by atoms with van der Waals surface area (Å²) in [5.74, 6) is 0.550. The molecule has 1 aliphatic rings. The van der Waals surface area contributed by atoms with E-state index >= 15 is 0 Å². The molecule has 2 rings (SSSR count). The second kappa shape index (κ2) is 7.06. The third-order valence-corrected chi connectivity index (χ3v) is 3.79. The zero-order valence-corrected chi connectivity index (χ0v) is 12.0. The number of hydrogen-bond donors (Lipinski definition) is 0. The smallest absolute Gasteiger partial charge is 0.314 e. The number of methoxy groups -OCH3 is 1. The van der Waals surface area contributed by atoms with Crippen LogP contribution in [-0.2, 0) is 4.79 Å². The Labute approximate surface area is 123 Å². The average Bonchev–Trinajstić information content (AvgIpc) is 2.53. The molecule has 21 heavy (non-hydrogen) atoms. The van der Waals surface area contributed by atoms with Crippen LogP contribution >= 0.6 is 0 Å². The molecule has 0 unspecified atom stereocenters. The lowest BCUT2D eigenvalue weighted by Crippen LogP contribution is -2.23. The van der Waals surface area contributed by atoms with E-state index in [1.54, 1.807) is 6.07 Å². The summed E-state index contributed by atoms with van der Waals surface area (Å²) in [7, 11) is 1.44. The van der Waals surface area contributed by atoms with E-state index in [0.717, 1.165) is 25.7 Å². The maximum Gasteiger partial charge on any atom is 0.314 e. The van der Waals surface area contributed by atoms with Crippen molar-refractivity contribution in [3.05, 3.63) is 28.3 Å². The maximum absolute atomic E-state index is 12.1. The normalized spacial score (nSPS) is 15.5. The van der Waals surface area contributed by atoms with Gasteiger partial charge in [-0.2, -0.15) is 0 Å². The molecule has 1 aliphatic carbocycles. The second-order valence-corrected chi connectivity index (χ2v) is 5.18. The molecule has 0 spiro atoms. The Morgan fingerprint density at radius 1 is 1.33 bits per heavy atom. The van der Waals surface area contributed by atoms with E-state index in [1.165, 1.54) is 25.7 Å². The minimum absolute atomic E-state index is 0.0276. The van der Waals surface area contributed by atoms with Gasteiger partial charge < -0.3 is 9.47 Å². The number of rotatable bonds is 6. The molecule has 1 fully saturated rings. The molecule has 0 radical (unpaired) electrons. The maximum atomic E-state index is 12.1. The van der Waals surface area contributed by atoms with Gasteiger partial charge in [0.15, 0.2) is 11.5 Å². The van der Waals surface area contributed by atoms with Crippen LogP contribution in [0, 0.1) is 16.0 Å². The van der Waals surface area contributed by atoms with Gasteiger partial charge in [0.25, 0.3) is 0 Å². The third-order valence-electron chi connectivity index (χ3n) is 3.79. The molecule has 0 amide bonds. The number of Topliss-reactive ketones (excluding diaryl/α,β-unsaturated/α-hetero) is 1. The molecular weight excluding hydrogens is 274 g/mol. The number of carbonyl (C=O) groups excluding carboxylic acids is 1. The Bertz CT molecular complexity index is 523. The molecule has 0 bridgehead atoms. The van der Waals surface area contributed by atoms with Gasteiger partial charge >= 0.3 is 5.69 Å². The van der Waals surface area contributed by atoms with Crippen LogP contribution in [0.3, 0.4) is 0 Å². The molecule has 0 heterocycles. The van der Waals surface area contributed by atoms with Gasteiger partial charge in [0.2, 0.25) is 0 Å². The van der Waals surface area contributed by atoms with Gasteiger partial charge in [0.1, 0.15) is 12.4 Å². The summed E-state index contributed by atoms with van der Waals surface area (Å²) < 4.78 is 10.3. The standard InChI is InChI=1S/C15H19NO5/c1-20-12-7-8-15(13(9-12)16(18)19)21-10-14(17)11-5-3-2-4-6-11/h7-9,11H,2-6,10H2,1H3. The number of ketones is 1. The van der Waals surface area contributed by atoms with Crippen molar-refractivity contribution < 1.29 is 19.2 Å². The largest absolute Gasteiger partial charge is 0.496 e. The topological polar surface area (TPSA) is 78.7 Å². The van der Waals surface area contributed by atoms with Crippen molar-refractivity contribution in [3.63, 3.8) is 0 Å². The van der Waals surface area contributed by atoms with E-state index < -0.39 is 4.92 Å². The molecule has 1 aromatic carbocycles. The summed E-state index contributed by atoms with van der Waals surface area (Å²) in [4.78, 5) is 22.5. The van der Waals surface area contributed by atoms with Crippen molar-refractivity contribution in [2.45, 2.75) is 32.1 Å². The Morgan fingerprint density at radius 2 is 2.05 bits per heavy atom. The monoisotopic (exact) mass is 293 g/mol. The summed E-state index contributed by atoms with van der Waals surface area (Å²) in [5, 5.41) is 11.0. The molecule has 6 nitrogen and oxygen atoms in total. The first kappa shape index (κ1) is 15.3. The molecule has 0 saturated heterocycles. The predicted octanol–water partition coefficient (Wildman–Crippen LogP) is 3.13. The van der Waals surface area contributed by atoms with Gasteiger partial charge in [-0.3, -0.25) is 14.9 Å². The second-order valence-electron chi connectivity index (χ2n) is 5.18. The molecule has 1 aromatic rings. The molecule has 0 aliphatic heterocycles. The fourth-order valence-electron chi connectivity index (χ4n) is 2.58. The quantitative estimate of drug-likeness (QED) is 0.594. The highest BCUT2D eigenvalue weighted by Gasteiger charge is 2.23. The van der Waals surface area contributed by atoms with Crippen molar-refractivity contribution >= 4 is 11.5 Å². The van der Waals surface area contributed by atoms with Crippen molar-refractivity contribution in [1.29, 1.82) is 0 Å². The highest BCUT2D eigenvalue weighted by molar-refractivity contribution is 5.82. The third kappa shape index (κ3) is 3.93. The summed E-state index contributed by atoms with van der Waals surface area (Å²) in [6.07, 6.45) is 5.10. The van der Waals surface area contributed by atoms with E-state index in [9.17, 15) is 14.9 Å². The lowest BCUT2D eigenvalue weighted by molar-refractivity contribution is -0.385. The van der Waals surface area contributed by atoms with Crippen molar-refractivity contribution in [2.24, 2.45) is 5.92 Å². The summed E-state index contributed by atoms with van der Waals surface area (Å²) >= 11 is 0. The molecule has 0 atom stereocenters. The lowest BCUT2D eigenvalue weighted by Gasteiger charge is -2.20. The van der Waals surface area contributed by atoms with Crippen molar-refractivity contribution in [1.82, 2.24) is 0 Å². The summed E-state index contributed by atoms with van der Waals surface area (Å²) in [6.45, 7) is -0.113. The van der Waals surface area contributed by atoms with Crippen LogP contribution < -0.4 is 9.47 Å². The predicted molar refractivity (Wildman–Crippen MR) is 76.7 cm³/mol. The fraction of sp³-hybridized carbons (Fsp3) is 0.533. The first-order valence-electron chi connectivity index (χ1n) is 7.09. The Kier molecular flexibility index (Phi) is 5.14. The Morgan fingerprint density at radius 3 is 2.67 bits per heavy atom. The van der Waals surface area contributed by atoms with Crippen LogP contribution in [0.2, 0.25) is 0 Å². The minimum atomic E-state index is -0.539. The van der Waals surface area contributed by atoms with Crippen molar-refractivity contribution in [2.75, 3.05) is 13.7 Å². The number of hydrogen-bond acceptors (Lipinski definition) is 5. The number of carbonyl (C=O) groups is 1. The number of nitro groups is 1. The van der Waals surface area contributed by atoms with Gasteiger partial charge in [-0.25, -0.2) is 0 Å². The van der Waals surface area contributed by atoms with Crippen LogP contribution in [0.1, 0.15) is 32.1 Å². The average molecular weight is 293 g/mol. The van der Waals surface area contributed by atoms with Gasteiger partial charge in [0.05, 0.1) is 18.1 Å². The van der Waals surface area contributed by atoms with Crippen molar-refractivity contribution in [3.8, 4) is 11.5 Å². The van der Waals surface area contributed by atoms with E-state index in [2.05, 4.69) is 0 Å². The molecule has 114 valence electrons. The number of benzene rings is 1. The summed E-state index contributed by atoms with van der Waals surface area (Å²) in [6, 6.07) is 4.33. The number of nitrogens with zero attached hydrogens (tertiary/aromatic N) is 1. The van der Waals surface area contributed by atoms with E-state index in [1.807, 2.05) is 0 Å². The zero-order chi connectivity index (χ0) is 15.2. The van der Waals surface area contributed by atoms with Crippen LogP contribution in [-0.4, -0.2) is 24.4 Å². The van der Waals surface area contributed by atoms with Crippen LogP contribution in [0.4, 0.5) is 5.69 Å². The van der Waals surface area contributed by atoms with Gasteiger partial charge in [-0.05, 0) is 25.0 Å². The highest BCUT2D eigenvalue weighted by Crippen LogP contribution is 2.31. The SMILES string of the molecule is COc1ccc(OCC(=O)C2CCCCC2)c([N+](=O)[O-])c1. The molecule has 0 aromatic heterocycles. The Hall–Kier alpha value is -2.11. The van der Waals surface area contributed by atoms with Crippen LogP contribution in [0.5, 0.6) is 11.5 Å². The Balaban J connectivity index is 2.02. The first-order valence-corrected chi connectivity index (χ1v) is 7.09. The number of ether oxygens (including phenoxy) is 2. The molecule has 6 heteroatoms. The van der Waals surface area contributed by atoms with E-state index in [-0.39, 0.29) is 29.7 Å². The van der Waals surface area contributed by atoms with Crippen LogP contribution in [0.25, 0.3) is 0 Å². The van der Waals surface area contributed by atoms with Gasteiger partial charge in [0, 0.05) is 5.92 Å². The van der Waals surface area contributed by atoms with E-state index in [4.69, 9.17) is 9.47 Å². The zero-order valence-electron chi connectivity index (χ0n) is 12.0. The molecule has 1 saturated carbocycles. The minimum Gasteiger partial charge on any atom is -0.496 e. The molecule has 0 N–H and O–H groups in total. The number of nitro benzene ring substituents is 1. The van der Waals surface area contributed by atoms with Gasteiger partial charge in [-0.1, -0.05) is 19.3 Å². The van der Waals surface area contributed by atoms with Gasteiger partial charge in [-0.15, -0.1) is 0 Å². The lowest BCUT2D eigenvalue weighted by atomic mass is 9.86. The van der Waals surface area contributed by atoms with E-state index in [0.29, 0.717) is 5.75 Å². The summed E-state index contributed by atoms with van der Waals surface area (Å²) in [5.41, 5.74) is -0.189. The highest BCUT2D eigenvalue weighted by atomic mass is 16.6. The first-order chi connectivity index (χ1) is 10.1. The molecular formula is C15H19NO5.